The quantitative estimate of drug-likeness (QED) is 0.574. The molecule has 0 aliphatic carbocycles. The van der Waals surface area contributed by atoms with E-state index in [2.05, 4.69) is 9.88 Å². The van der Waals surface area contributed by atoms with Crippen LogP contribution in [0.4, 0.5) is 8.78 Å². The molecule has 2 aliphatic rings. The van der Waals surface area contributed by atoms with Gasteiger partial charge in [0.1, 0.15) is 11.5 Å². The van der Waals surface area contributed by atoms with E-state index < -0.39 is 11.5 Å². The number of halogens is 2. The third-order valence-corrected chi connectivity index (χ3v) is 7.23. The molecule has 1 aromatic heterocycles. The highest BCUT2D eigenvalue weighted by Crippen LogP contribution is 2.26. The number of hydrogen-bond acceptors (Lipinski definition) is 5. The molecule has 2 aliphatic heterocycles. The molecule has 4 rings (SSSR count). The summed E-state index contributed by atoms with van der Waals surface area (Å²) in [6.45, 7) is 6.72. The number of piperidine rings is 2. The lowest BCUT2D eigenvalue weighted by atomic mass is 9.95. The van der Waals surface area contributed by atoms with Crippen molar-refractivity contribution in [3.05, 3.63) is 47.9 Å². The molecule has 37 heavy (non-hydrogen) atoms. The number of nitrogens with zero attached hydrogens (tertiary/aromatic N) is 3. The summed E-state index contributed by atoms with van der Waals surface area (Å²) in [6, 6.07) is 8.12. The molecule has 200 valence electrons. The molecular weight excluding hydrogens is 478 g/mol. The van der Waals surface area contributed by atoms with E-state index in [4.69, 9.17) is 10.5 Å². The van der Waals surface area contributed by atoms with E-state index in [0.717, 1.165) is 31.5 Å². The molecule has 2 aromatic rings. The van der Waals surface area contributed by atoms with Crippen molar-refractivity contribution in [2.75, 3.05) is 39.3 Å². The van der Waals surface area contributed by atoms with Gasteiger partial charge in [0.25, 0.3) is 5.91 Å². The van der Waals surface area contributed by atoms with E-state index in [9.17, 15) is 18.4 Å². The van der Waals surface area contributed by atoms with Crippen LogP contribution in [-0.2, 0) is 4.79 Å². The summed E-state index contributed by atoms with van der Waals surface area (Å²) >= 11 is 0. The summed E-state index contributed by atoms with van der Waals surface area (Å²) in [5.41, 5.74) is 5.51. The zero-order valence-electron chi connectivity index (χ0n) is 21.6. The first-order valence-corrected chi connectivity index (χ1v) is 13.0. The second-order valence-corrected chi connectivity index (χ2v) is 10.8. The van der Waals surface area contributed by atoms with Gasteiger partial charge in [0.15, 0.2) is 0 Å². The molecule has 2 fully saturated rings. The minimum absolute atomic E-state index is 0.00955. The lowest BCUT2D eigenvalue weighted by Gasteiger charge is -2.34. The molecule has 0 atom stereocenters. The van der Waals surface area contributed by atoms with Crippen LogP contribution < -0.4 is 10.5 Å². The highest BCUT2D eigenvalue weighted by molar-refractivity contribution is 5.95. The molecule has 2 N–H and O–H groups in total. The zero-order chi connectivity index (χ0) is 26.6. The van der Waals surface area contributed by atoms with Gasteiger partial charge in [-0.3, -0.25) is 9.59 Å². The highest BCUT2D eigenvalue weighted by atomic mass is 19.1. The normalized spacial score (nSPS) is 18.1. The number of nitrogens with two attached hydrogens (primary N) is 1. The van der Waals surface area contributed by atoms with Gasteiger partial charge in [-0.25, -0.2) is 13.8 Å². The number of likely N-dealkylation sites (tertiary alicyclic amines) is 2. The number of benzene rings is 1. The van der Waals surface area contributed by atoms with E-state index in [0.29, 0.717) is 56.4 Å². The summed E-state index contributed by atoms with van der Waals surface area (Å²) in [5.74, 6) is -0.657. The maximum Gasteiger partial charge on any atom is 0.256 e. The number of primary amides is 1. The predicted molar refractivity (Wildman–Crippen MR) is 137 cm³/mol. The summed E-state index contributed by atoms with van der Waals surface area (Å²) in [4.78, 5) is 32.2. The number of hydrogen-bond donors (Lipinski definition) is 1. The van der Waals surface area contributed by atoms with Crippen LogP contribution >= 0.6 is 0 Å². The lowest BCUT2D eigenvalue weighted by Crippen LogP contribution is -2.42. The summed E-state index contributed by atoms with van der Waals surface area (Å²) < 4.78 is 34.6. The molecule has 2 amide bonds. The van der Waals surface area contributed by atoms with Gasteiger partial charge in [-0.2, -0.15) is 0 Å². The maximum absolute atomic E-state index is 14.9. The number of rotatable bonds is 8. The largest absolute Gasteiger partial charge is 0.477 e. The van der Waals surface area contributed by atoms with Gasteiger partial charge < -0.3 is 20.3 Å². The first kappa shape index (κ1) is 27.0. The fraction of sp³-hybridized carbons (Fsp3) is 0.536. The Hall–Kier alpha value is -3.07. The van der Waals surface area contributed by atoms with Crippen molar-refractivity contribution in [1.82, 2.24) is 14.8 Å². The van der Waals surface area contributed by atoms with Gasteiger partial charge in [0.2, 0.25) is 11.8 Å². The van der Waals surface area contributed by atoms with Crippen molar-refractivity contribution in [2.45, 2.75) is 45.2 Å². The van der Waals surface area contributed by atoms with Crippen molar-refractivity contribution < 1.29 is 23.1 Å². The van der Waals surface area contributed by atoms with E-state index in [-0.39, 0.29) is 23.3 Å². The average Bonchev–Trinajstić information content (AvgIpc) is 2.87. The molecule has 2 saturated heterocycles. The lowest BCUT2D eigenvalue weighted by molar-refractivity contribution is -0.123. The molecule has 0 bridgehead atoms. The first-order valence-electron chi connectivity index (χ1n) is 13.0. The van der Waals surface area contributed by atoms with Crippen molar-refractivity contribution in [2.24, 2.45) is 17.6 Å². The van der Waals surface area contributed by atoms with Crippen LogP contribution in [0.2, 0.25) is 0 Å². The molecular formula is C28H36F2N4O3. The summed E-state index contributed by atoms with van der Waals surface area (Å²) in [5, 5.41) is 0. The fourth-order valence-electron chi connectivity index (χ4n) is 5.09. The molecule has 0 unspecified atom stereocenters. The Morgan fingerprint density at radius 3 is 2.30 bits per heavy atom. The molecule has 0 spiro atoms. The van der Waals surface area contributed by atoms with Crippen molar-refractivity contribution in [3.8, 4) is 17.0 Å². The van der Waals surface area contributed by atoms with Gasteiger partial charge in [0.05, 0.1) is 12.2 Å². The van der Waals surface area contributed by atoms with E-state index >= 15 is 0 Å². The number of ether oxygens (including phenoxy) is 1. The van der Waals surface area contributed by atoms with E-state index in [1.54, 1.807) is 37.1 Å². The second-order valence-electron chi connectivity index (χ2n) is 10.8. The van der Waals surface area contributed by atoms with Crippen molar-refractivity contribution >= 4 is 11.8 Å². The highest BCUT2D eigenvalue weighted by Gasteiger charge is 2.28. The number of carbonyl (C=O) groups excluding carboxylic acids is 2. The molecule has 9 heteroatoms. The smallest absolute Gasteiger partial charge is 0.256 e. The fourth-order valence-corrected chi connectivity index (χ4v) is 5.09. The SMILES string of the molecule is CC(C)(F)CN1CCC(COc2ccc(-c3ccc(C(=O)N4CCC(C(N)=O)CC4)c(F)c3)cn2)CC1. The Bertz CT molecular complexity index is 1090. The second kappa shape index (κ2) is 11.5. The third-order valence-electron chi connectivity index (χ3n) is 7.23. The van der Waals surface area contributed by atoms with Gasteiger partial charge in [-0.05, 0) is 82.3 Å². The standard InChI is InChI=1S/C28H36F2N4O3/c1-28(2,30)18-33-11-7-19(8-12-33)17-37-25-6-4-22(16-32-25)21-3-5-23(24(29)15-21)27(36)34-13-9-20(10-14-34)26(31)35/h3-6,15-16,19-20H,7-14,17-18H2,1-2H3,(H2,31,35). The Morgan fingerprint density at radius 1 is 1.05 bits per heavy atom. The third kappa shape index (κ3) is 7.25. The van der Waals surface area contributed by atoms with Crippen molar-refractivity contribution in [1.29, 1.82) is 0 Å². The molecule has 7 nitrogen and oxygen atoms in total. The Kier molecular flexibility index (Phi) is 8.42. The minimum atomic E-state index is -1.18. The molecule has 1 aromatic carbocycles. The van der Waals surface area contributed by atoms with Crippen LogP contribution in [0.3, 0.4) is 0 Å². The molecule has 3 heterocycles. The van der Waals surface area contributed by atoms with Gasteiger partial charge in [0, 0.05) is 43.4 Å². The van der Waals surface area contributed by atoms with Crippen LogP contribution in [-0.4, -0.2) is 71.6 Å². The Labute approximate surface area is 217 Å². The summed E-state index contributed by atoms with van der Waals surface area (Å²) in [6.07, 6.45) is 4.55. The maximum atomic E-state index is 14.9. The topological polar surface area (TPSA) is 88.8 Å². The van der Waals surface area contributed by atoms with Gasteiger partial charge in [-0.15, -0.1) is 0 Å². The van der Waals surface area contributed by atoms with Crippen LogP contribution in [0.15, 0.2) is 36.5 Å². The number of alkyl halides is 1. The first-order chi connectivity index (χ1) is 17.6. The number of amides is 2. The Balaban J connectivity index is 1.29. The van der Waals surface area contributed by atoms with E-state index in [1.165, 1.54) is 12.1 Å². The van der Waals surface area contributed by atoms with E-state index in [1.807, 2.05) is 6.07 Å². The van der Waals surface area contributed by atoms with Gasteiger partial charge >= 0.3 is 0 Å². The summed E-state index contributed by atoms with van der Waals surface area (Å²) in [7, 11) is 0. The van der Waals surface area contributed by atoms with Crippen LogP contribution in [0.1, 0.15) is 49.9 Å². The van der Waals surface area contributed by atoms with Gasteiger partial charge in [-0.1, -0.05) is 6.07 Å². The number of aromatic nitrogens is 1. The number of carbonyl (C=O) groups is 2. The van der Waals surface area contributed by atoms with Crippen LogP contribution in [0, 0.1) is 17.7 Å². The predicted octanol–water partition coefficient (Wildman–Crippen LogP) is 4.06. The Morgan fingerprint density at radius 2 is 1.73 bits per heavy atom. The van der Waals surface area contributed by atoms with Crippen LogP contribution in [0.5, 0.6) is 5.88 Å². The minimum Gasteiger partial charge on any atom is -0.477 e. The van der Waals surface area contributed by atoms with Crippen LogP contribution in [0.25, 0.3) is 11.1 Å². The zero-order valence-corrected chi connectivity index (χ0v) is 21.6. The monoisotopic (exact) mass is 514 g/mol. The molecule has 0 saturated carbocycles. The molecule has 0 radical (unpaired) electrons. The average molecular weight is 515 g/mol. The number of pyridine rings is 1. The van der Waals surface area contributed by atoms with Crippen molar-refractivity contribution in [3.63, 3.8) is 0 Å².